The third-order valence-electron chi connectivity index (χ3n) is 10.0. The van der Waals surface area contributed by atoms with Gasteiger partial charge in [0.1, 0.15) is 22.3 Å². The monoisotopic (exact) mass is 657 g/mol. The molecule has 0 fully saturated rings. The number of rotatable bonds is 4. The average molecular weight is 658 g/mol. The number of anilines is 3. The first-order valence-electron chi connectivity index (χ1n) is 16.8. The van der Waals surface area contributed by atoms with Crippen LogP contribution in [0.15, 0.2) is 173 Å². The molecular formula is C46H27NO2S. The van der Waals surface area contributed by atoms with E-state index in [1.54, 1.807) is 0 Å². The second-order valence-electron chi connectivity index (χ2n) is 12.9. The highest BCUT2D eigenvalue weighted by Crippen LogP contribution is 2.44. The lowest BCUT2D eigenvalue weighted by molar-refractivity contribution is 0.669. The van der Waals surface area contributed by atoms with Crippen molar-refractivity contribution in [1.29, 1.82) is 0 Å². The van der Waals surface area contributed by atoms with Gasteiger partial charge < -0.3 is 13.7 Å². The van der Waals surface area contributed by atoms with E-state index in [1.165, 1.54) is 36.7 Å². The number of hydrogen-bond acceptors (Lipinski definition) is 4. The highest BCUT2D eigenvalue weighted by atomic mass is 32.1. The SMILES string of the molecule is c1ccc(N(c2ccc3oc4c5ccccc5ccc4c3c2)c2ccc3oc4cccc(-c5ccc6c(c5)sc5ccccc56)c4c3c2)cc1. The molecule has 0 N–H and O–H groups in total. The summed E-state index contributed by atoms with van der Waals surface area (Å²) in [6, 6.07) is 58.3. The predicted octanol–water partition coefficient (Wildman–Crippen LogP) is 14.1. The Hall–Kier alpha value is -6.36. The van der Waals surface area contributed by atoms with Crippen molar-refractivity contribution in [3.63, 3.8) is 0 Å². The summed E-state index contributed by atoms with van der Waals surface area (Å²) < 4.78 is 15.6. The largest absolute Gasteiger partial charge is 0.456 e. The number of fused-ring (bicyclic) bond motifs is 11. The minimum absolute atomic E-state index is 0.871. The zero-order valence-electron chi connectivity index (χ0n) is 26.8. The molecule has 11 aromatic rings. The molecule has 11 rings (SSSR count). The highest BCUT2D eigenvalue weighted by molar-refractivity contribution is 7.25. The zero-order valence-corrected chi connectivity index (χ0v) is 27.6. The fourth-order valence-corrected chi connectivity index (χ4v) is 8.89. The van der Waals surface area contributed by atoms with E-state index in [-0.39, 0.29) is 0 Å². The number of furan rings is 2. The van der Waals surface area contributed by atoms with Gasteiger partial charge in [-0.25, -0.2) is 0 Å². The van der Waals surface area contributed by atoms with Crippen LogP contribution in [0.4, 0.5) is 17.1 Å². The van der Waals surface area contributed by atoms with Crippen LogP contribution in [-0.4, -0.2) is 0 Å². The molecule has 3 aromatic heterocycles. The minimum atomic E-state index is 0.871. The van der Waals surface area contributed by atoms with Gasteiger partial charge in [-0.15, -0.1) is 11.3 Å². The van der Waals surface area contributed by atoms with Gasteiger partial charge in [-0.2, -0.15) is 0 Å². The van der Waals surface area contributed by atoms with Crippen molar-refractivity contribution < 1.29 is 8.83 Å². The van der Waals surface area contributed by atoms with E-state index in [9.17, 15) is 0 Å². The Bertz CT molecular complexity index is 3110. The minimum Gasteiger partial charge on any atom is -0.456 e. The fourth-order valence-electron chi connectivity index (χ4n) is 7.74. The van der Waals surface area contributed by atoms with Crippen molar-refractivity contribution in [3.05, 3.63) is 164 Å². The molecule has 8 aromatic carbocycles. The lowest BCUT2D eigenvalue weighted by atomic mass is 9.98. The van der Waals surface area contributed by atoms with Crippen LogP contribution in [0.25, 0.3) is 85.9 Å². The Balaban J connectivity index is 1.11. The summed E-state index contributed by atoms with van der Waals surface area (Å²) in [6.07, 6.45) is 0. The maximum atomic E-state index is 6.50. The van der Waals surface area contributed by atoms with E-state index < -0.39 is 0 Å². The Kier molecular flexibility index (Phi) is 5.83. The van der Waals surface area contributed by atoms with Gasteiger partial charge in [-0.1, -0.05) is 91.0 Å². The molecule has 0 aliphatic heterocycles. The molecular weight excluding hydrogens is 631 g/mol. The summed E-state index contributed by atoms with van der Waals surface area (Å²) in [7, 11) is 0. The quantitative estimate of drug-likeness (QED) is 0.189. The van der Waals surface area contributed by atoms with E-state index >= 15 is 0 Å². The van der Waals surface area contributed by atoms with Crippen LogP contribution in [0.2, 0.25) is 0 Å². The van der Waals surface area contributed by atoms with E-state index in [4.69, 9.17) is 8.83 Å². The second kappa shape index (κ2) is 10.6. The van der Waals surface area contributed by atoms with Crippen molar-refractivity contribution in [1.82, 2.24) is 0 Å². The number of para-hydroxylation sites is 1. The van der Waals surface area contributed by atoms with Crippen molar-refractivity contribution in [3.8, 4) is 11.1 Å². The first-order valence-corrected chi connectivity index (χ1v) is 17.6. The van der Waals surface area contributed by atoms with Gasteiger partial charge in [-0.3, -0.25) is 0 Å². The molecule has 0 saturated heterocycles. The molecule has 50 heavy (non-hydrogen) atoms. The zero-order chi connectivity index (χ0) is 32.8. The normalized spacial score (nSPS) is 12.0. The molecule has 0 spiro atoms. The Morgan fingerprint density at radius 3 is 2.00 bits per heavy atom. The molecule has 0 bridgehead atoms. The number of hydrogen-bond donors (Lipinski definition) is 0. The number of nitrogens with zero attached hydrogens (tertiary/aromatic N) is 1. The van der Waals surface area contributed by atoms with Gasteiger partial charge in [0.2, 0.25) is 0 Å². The van der Waals surface area contributed by atoms with Crippen LogP contribution in [0.3, 0.4) is 0 Å². The predicted molar refractivity (Wildman–Crippen MR) is 212 cm³/mol. The second-order valence-corrected chi connectivity index (χ2v) is 14.0. The van der Waals surface area contributed by atoms with Gasteiger partial charge in [-0.05, 0) is 89.3 Å². The first-order chi connectivity index (χ1) is 24.8. The van der Waals surface area contributed by atoms with E-state index in [1.807, 2.05) is 11.3 Å². The van der Waals surface area contributed by atoms with E-state index in [2.05, 4.69) is 169 Å². The average Bonchev–Trinajstić information content (AvgIpc) is 3.86. The molecule has 0 aliphatic carbocycles. The lowest BCUT2D eigenvalue weighted by Crippen LogP contribution is -2.09. The molecule has 3 heterocycles. The number of benzene rings is 8. The van der Waals surface area contributed by atoms with Gasteiger partial charge in [0.05, 0.1) is 0 Å². The summed E-state index contributed by atoms with van der Waals surface area (Å²) >= 11 is 1.85. The van der Waals surface area contributed by atoms with Crippen molar-refractivity contribution in [2.45, 2.75) is 0 Å². The van der Waals surface area contributed by atoms with Crippen LogP contribution in [0, 0.1) is 0 Å². The third kappa shape index (κ3) is 4.09. The molecule has 4 heteroatoms. The number of thiophene rings is 1. The maximum Gasteiger partial charge on any atom is 0.143 e. The van der Waals surface area contributed by atoms with Crippen molar-refractivity contribution in [2.24, 2.45) is 0 Å². The summed E-state index contributed by atoms with van der Waals surface area (Å²) in [4.78, 5) is 2.32. The van der Waals surface area contributed by atoms with Crippen LogP contribution in [0.5, 0.6) is 0 Å². The topological polar surface area (TPSA) is 29.5 Å². The molecule has 0 aliphatic rings. The van der Waals surface area contributed by atoms with Crippen LogP contribution < -0.4 is 4.90 Å². The lowest BCUT2D eigenvalue weighted by Gasteiger charge is -2.25. The summed E-state index contributed by atoms with van der Waals surface area (Å²) in [5.74, 6) is 0. The van der Waals surface area contributed by atoms with Crippen LogP contribution >= 0.6 is 11.3 Å². The Morgan fingerprint density at radius 2 is 1.12 bits per heavy atom. The van der Waals surface area contributed by atoms with Crippen LogP contribution in [-0.2, 0) is 0 Å². The first kappa shape index (κ1) is 27.6. The van der Waals surface area contributed by atoms with Crippen molar-refractivity contribution >= 4 is 103 Å². The maximum absolute atomic E-state index is 6.50. The summed E-state index contributed by atoms with van der Waals surface area (Å²) in [5, 5.41) is 9.34. The molecule has 3 nitrogen and oxygen atoms in total. The van der Waals surface area contributed by atoms with Gasteiger partial charge in [0, 0.05) is 64.2 Å². The van der Waals surface area contributed by atoms with Gasteiger partial charge in [0.15, 0.2) is 0 Å². The fraction of sp³-hybridized carbons (Fsp3) is 0. The van der Waals surface area contributed by atoms with Gasteiger partial charge >= 0.3 is 0 Å². The Morgan fingerprint density at radius 1 is 0.400 bits per heavy atom. The Labute approximate surface area is 290 Å². The smallest absolute Gasteiger partial charge is 0.143 e. The molecule has 0 unspecified atom stereocenters. The summed E-state index contributed by atoms with van der Waals surface area (Å²) in [5.41, 5.74) is 9.11. The molecule has 0 radical (unpaired) electrons. The molecule has 0 atom stereocenters. The summed E-state index contributed by atoms with van der Waals surface area (Å²) in [6.45, 7) is 0. The van der Waals surface area contributed by atoms with Gasteiger partial charge in [0.25, 0.3) is 0 Å². The standard InChI is InChI=1S/C46H27NO2S/c1-2-10-30(11-3-1)47(31-19-23-40-38(26-31)37-22-17-28-9-4-5-12-34(28)46(37)49-40)32-20-24-41-39(27-32)45-33(14-8-15-42(45)48-41)29-18-21-36-35-13-6-7-16-43(35)50-44(36)25-29/h1-27H. The molecule has 0 saturated carbocycles. The van der Waals surface area contributed by atoms with Crippen LogP contribution in [0.1, 0.15) is 0 Å². The molecule has 0 amide bonds. The highest BCUT2D eigenvalue weighted by Gasteiger charge is 2.19. The molecule has 234 valence electrons. The third-order valence-corrected chi connectivity index (χ3v) is 11.2. The van der Waals surface area contributed by atoms with Crippen molar-refractivity contribution in [2.75, 3.05) is 4.90 Å². The van der Waals surface area contributed by atoms with E-state index in [0.29, 0.717) is 0 Å². The van der Waals surface area contributed by atoms with E-state index in [0.717, 1.165) is 66.3 Å².